The molecule has 1 aromatic heterocycles. The first-order valence-electron chi connectivity index (χ1n) is 5.47. The third-order valence-electron chi connectivity index (χ3n) is 2.48. The topological polar surface area (TPSA) is 59.9 Å². The Morgan fingerprint density at radius 1 is 1.05 bits per heavy atom. The molecule has 2 aromatic rings. The molecule has 0 N–H and O–H groups in total. The molecule has 0 atom stereocenters. The zero-order valence-electron chi connectivity index (χ0n) is 9.96. The second-order valence-electron chi connectivity index (χ2n) is 3.92. The fraction of sp³-hybridized carbons (Fsp3) is 0.167. The van der Waals surface area contributed by atoms with Gasteiger partial charge in [0.15, 0.2) is 0 Å². The number of thiol groups is 1. The van der Waals surface area contributed by atoms with Crippen LogP contribution in [0.2, 0.25) is 0 Å². The van der Waals surface area contributed by atoms with Gasteiger partial charge in [-0.25, -0.2) is 18.4 Å². The number of alkyl halides is 3. The Morgan fingerprint density at radius 3 is 2.25 bits per heavy atom. The average molecular weight is 302 g/mol. The summed E-state index contributed by atoms with van der Waals surface area (Å²) < 4.78 is 58.5. The van der Waals surface area contributed by atoms with Crippen LogP contribution in [-0.2, 0) is 22.6 Å². The lowest BCUT2D eigenvalue weighted by atomic mass is 10.1. The summed E-state index contributed by atoms with van der Waals surface area (Å²) in [4.78, 5) is 7.79. The third-order valence-corrected chi connectivity index (χ3v) is 3.03. The highest BCUT2D eigenvalue weighted by Gasteiger charge is 2.29. The van der Waals surface area contributed by atoms with Gasteiger partial charge in [-0.2, -0.15) is 13.2 Å². The van der Waals surface area contributed by atoms with Crippen LogP contribution < -0.4 is 0 Å². The summed E-state index contributed by atoms with van der Waals surface area (Å²) in [5.74, 6) is -0.192. The Kier molecular flexibility index (Phi) is 4.03. The zero-order chi connectivity index (χ0) is 14.8. The van der Waals surface area contributed by atoms with Crippen molar-refractivity contribution in [2.75, 3.05) is 0 Å². The molecular formula is C12H9F3N2O2S. The highest BCUT2D eigenvalue weighted by atomic mass is 32.2. The predicted octanol–water partition coefficient (Wildman–Crippen LogP) is 2.27. The Balaban J connectivity index is 2.32. The van der Waals surface area contributed by atoms with Gasteiger partial charge in [0.25, 0.3) is 0 Å². The number of hydrogen-bond acceptors (Lipinski definition) is 4. The average Bonchev–Trinajstić information content (AvgIpc) is 2.37. The first kappa shape index (κ1) is 14.4. The molecule has 0 aliphatic heterocycles. The van der Waals surface area contributed by atoms with Crippen LogP contribution in [0.3, 0.4) is 0 Å². The molecule has 0 spiro atoms. The van der Waals surface area contributed by atoms with Crippen molar-refractivity contribution in [3.05, 3.63) is 47.9 Å². The van der Waals surface area contributed by atoms with Gasteiger partial charge < -0.3 is 0 Å². The standard InChI is InChI=1S/C12H9F3N2O2S/c13-12(14,15)9-3-1-8(2-4-9)10-5-6-16-11(17-10)7-20(18)19/h1-6,20H,7H2. The molecule has 0 bridgehead atoms. The fourth-order valence-corrected chi connectivity index (χ4v) is 1.96. The monoisotopic (exact) mass is 302 g/mol. The molecule has 0 saturated carbocycles. The molecule has 0 aliphatic carbocycles. The van der Waals surface area contributed by atoms with E-state index in [1.165, 1.54) is 24.4 Å². The number of aromatic nitrogens is 2. The molecule has 0 saturated heterocycles. The van der Waals surface area contributed by atoms with Crippen LogP contribution >= 0.6 is 0 Å². The minimum absolute atomic E-state index is 0.110. The van der Waals surface area contributed by atoms with E-state index in [-0.39, 0.29) is 11.6 Å². The molecule has 0 aliphatic rings. The Hall–Kier alpha value is -1.96. The largest absolute Gasteiger partial charge is 0.416 e. The van der Waals surface area contributed by atoms with Gasteiger partial charge in [0.1, 0.15) is 22.3 Å². The minimum atomic E-state index is -4.39. The highest BCUT2D eigenvalue weighted by Crippen LogP contribution is 2.30. The van der Waals surface area contributed by atoms with Gasteiger partial charge in [0.05, 0.1) is 11.3 Å². The minimum Gasteiger partial charge on any atom is -0.240 e. The maximum absolute atomic E-state index is 12.4. The molecule has 0 radical (unpaired) electrons. The summed E-state index contributed by atoms with van der Waals surface area (Å²) in [6.45, 7) is 0. The van der Waals surface area contributed by atoms with Crippen molar-refractivity contribution in [3.63, 3.8) is 0 Å². The van der Waals surface area contributed by atoms with Gasteiger partial charge in [-0.3, -0.25) is 0 Å². The lowest BCUT2D eigenvalue weighted by Gasteiger charge is -2.07. The van der Waals surface area contributed by atoms with Crippen molar-refractivity contribution >= 4 is 10.7 Å². The van der Waals surface area contributed by atoms with Gasteiger partial charge in [-0.1, -0.05) is 12.1 Å². The Labute approximate surface area is 114 Å². The van der Waals surface area contributed by atoms with Gasteiger partial charge in [0, 0.05) is 11.8 Å². The van der Waals surface area contributed by atoms with Crippen molar-refractivity contribution in [3.8, 4) is 11.3 Å². The molecule has 1 aromatic carbocycles. The van der Waals surface area contributed by atoms with Crippen molar-refractivity contribution in [1.82, 2.24) is 9.97 Å². The van der Waals surface area contributed by atoms with Crippen molar-refractivity contribution in [2.24, 2.45) is 0 Å². The highest BCUT2D eigenvalue weighted by molar-refractivity contribution is 7.71. The van der Waals surface area contributed by atoms with Crippen molar-refractivity contribution in [2.45, 2.75) is 11.9 Å². The SMILES string of the molecule is O=[SH](=O)Cc1nccc(-c2ccc(C(F)(F)F)cc2)n1. The second kappa shape index (κ2) is 5.58. The molecule has 8 heteroatoms. The van der Waals surface area contributed by atoms with Gasteiger partial charge in [-0.05, 0) is 18.2 Å². The van der Waals surface area contributed by atoms with E-state index >= 15 is 0 Å². The number of rotatable bonds is 3. The van der Waals surface area contributed by atoms with Crippen LogP contribution in [0, 0.1) is 0 Å². The molecular weight excluding hydrogens is 293 g/mol. The van der Waals surface area contributed by atoms with E-state index in [1.807, 2.05) is 0 Å². The maximum Gasteiger partial charge on any atom is 0.416 e. The number of nitrogens with zero attached hydrogens (tertiary/aromatic N) is 2. The summed E-state index contributed by atoms with van der Waals surface area (Å²) in [6.07, 6.45) is -3.02. The van der Waals surface area contributed by atoms with Crippen LogP contribution in [-0.4, -0.2) is 18.4 Å². The summed E-state index contributed by atoms with van der Waals surface area (Å²) >= 11 is 0. The van der Waals surface area contributed by atoms with Crippen LogP contribution in [0.5, 0.6) is 0 Å². The maximum atomic E-state index is 12.4. The third kappa shape index (κ3) is 3.53. The van der Waals surface area contributed by atoms with Crippen molar-refractivity contribution < 1.29 is 21.6 Å². The zero-order valence-corrected chi connectivity index (χ0v) is 10.9. The number of hydrogen-bond donors (Lipinski definition) is 1. The van der Waals surface area contributed by atoms with E-state index in [4.69, 9.17) is 0 Å². The van der Waals surface area contributed by atoms with Crippen LogP contribution in [0.1, 0.15) is 11.4 Å². The van der Waals surface area contributed by atoms with Crippen LogP contribution in [0.4, 0.5) is 13.2 Å². The lowest BCUT2D eigenvalue weighted by Crippen LogP contribution is -2.04. The van der Waals surface area contributed by atoms with E-state index in [2.05, 4.69) is 9.97 Å². The van der Waals surface area contributed by atoms with E-state index in [0.29, 0.717) is 11.3 Å². The molecule has 106 valence electrons. The van der Waals surface area contributed by atoms with E-state index in [9.17, 15) is 21.6 Å². The quantitative estimate of drug-likeness (QED) is 0.884. The molecule has 0 fully saturated rings. The smallest absolute Gasteiger partial charge is 0.240 e. The van der Waals surface area contributed by atoms with E-state index in [0.717, 1.165) is 12.1 Å². The molecule has 0 unspecified atom stereocenters. The Bertz CT molecular complexity index is 674. The molecule has 0 amide bonds. The predicted molar refractivity (Wildman–Crippen MR) is 66.5 cm³/mol. The lowest BCUT2D eigenvalue weighted by molar-refractivity contribution is -0.137. The van der Waals surface area contributed by atoms with E-state index < -0.39 is 22.4 Å². The summed E-state index contributed by atoms with van der Waals surface area (Å²) in [5.41, 5.74) is 0.0847. The van der Waals surface area contributed by atoms with Crippen LogP contribution in [0.25, 0.3) is 11.3 Å². The van der Waals surface area contributed by atoms with Crippen molar-refractivity contribution in [1.29, 1.82) is 0 Å². The Morgan fingerprint density at radius 2 is 1.70 bits per heavy atom. The van der Waals surface area contributed by atoms with E-state index in [1.54, 1.807) is 0 Å². The summed E-state index contributed by atoms with van der Waals surface area (Å²) in [7, 11) is -2.65. The summed E-state index contributed by atoms with van der Waals surface area (Å²) in [6, 6.07) is 5.97. The number of halogens is 3. The molecule has 4 nitrogen and oxygen atoms in total. The van der Waals surface area contributed by atoms with Crippen LogP contribution in [0.15, 0.2) is 36.5 Å². The first-order chi connectivity index (χ1) is 9.36. The summed E-state index contributed by atoms with van der Waals surface area (Å²) in [5, 5.41) is 0. The molecule has 1 heterocycles. The first-order valence-corrected chi connectivity index (χ1v) is 6.84. The van der Waals surface area contributed by atoms with Gasteiger partial charge in [-0.15, -0.1) is 0 Å². The van der Waals surface area contributed by atoms with Gasteiger partial charge >= 0.3 is 6.18 Å². The van der Waals surface area contributed by atoms with Gasteiger partial charge in [0.2, 0.25) is 0 Å². The molecule has 2 rings (SSSR count). The normalized spacial score (nSPS) is 11.8. The fourth-order valence-electron chi connectivity index (χ4n) is 1.58. The molecule has 20 heavy (non-hydrogen) atoms. The number of benzene rings is 1. The second-order valence-corrected chi connectivity index (χ2v) is 4.91.